The lowest BCUT2D eigenvalue weighted by atomic mass is 10.0. The lowest BCUT2D eigenvalue weighted by Crippen LogP contribution is -2.39. The largest absolute Gasteiger partial charge is 0.381 e. The van der Waals surface area contributed by atoms with Crippen molar-refractivity contribution in [2.45, 2.75) is 18.9 Å². The Kier molecular flexibility index (Phi) is 4.80. The first-order valence-electron chi connectivity index (χ1n) is 7.09. The molecule has 1 aliphatic rings. The summed E-state index contributed by atoms with van der Waals surface area (Å²) in [6, 6.07) is 11.0. The van der Waals surface area contributed by atoms with Crippen molar-refractivity contribution < 1.29 is 0 Å². The average molecular weight is 411 g/mol. The highest BCUT2D eigenvalue weighted by Crippen LogP contribution is 2.28. The number of aromatic nitrogens is 1. The van der Waals surface area contributed by atoms with Crippen molar-refractivity contribution in [2.75, 3.05) is 23.3 Å². The molecule has 3 rings (SSSR count). The highest BCUT2D eigenvalue weighted by molar-refractivity contribution is 9.11. The minimum atomic E-state index is 0.528. The molecule has 0 saturated carbocycles. The Hall–Kier alpha value is -1.07. The maximum absolute atomic E-state index is 4.08. The van der Waals surface area contributed by atoms with Crippen LogP contribution in [0.1, 0.15) is 12.8 Å². The topological polar surface area (TPSA) is 28.2 Å². The summed E-state index contributed by atoms with van der Waals surface area (Å²) in [6.45, 7) is 2.16. The van der Waals surface area contributed by atoms with E-state index in [1.54, 1.807) is 0 Å². The molecule has 5 heteroatoms. The predicted octanol–water partition coefficient (Wildman–Crippen LogP) is 4.69. The van der Waals surface area contributed by atoms with Gasteiger partial charge in [0.2, 0.25) is 0 Å². The molecule has 0 aliphatic carbocycles. The number of nitrogens with one attached hydrogen (secondary N) is 1. The SMILES string of the molecule is Brc1ccc(NC2CCN(c3ccncc3)CC2)c(Br)c1. The summed E-state index contributed by atoms with van der Waals surface area (Å²) >= 11 is 7.10. The molecule has 0 unspecified atom stereocenters. The van der Waals surface area contributed by atoms with Gasteiger partial charge in [0.05, 0.1) is 0 Å². The maximum atomic E-state index is 4.08. The first-order chi connectivity index (χ1) is 10.2. The first-order valence-corrected chi connectivity index (χ1v) is 8.67. The minimum Gasteiger partial charge on any atom is -0.381 e. The molecule has 0 spiro atoms. The summed E-state index contributed by atoms with van der Waals surface area (Å²) in [5.74, 6) is 0. The number of halogens is 2. The average Bonchev–Trinajstić information content (AvgIpc) is 2.52. The van der Waals surface area contributed by atoms with Crippen molar-refractivity contribution in [1.82, 2.24) is 4.98 Å². The van der Waals surface area contributed by atoms with E-state index >= 15 is 0 Å². The number of benzene rings is 1. The van der Waals surface area contributed by atoms with E-state index in [1.807, 2.05) is 12.4 Å². The van der Waals surface area contributed by atoms with Gasteiger partial charge in [-0.2, -0.15) is 0 Å². The van der Waals surface area contributed by atoms with Crippen LogP contribution >= 0.6 is 31.9 Å². The van der Waals surface area contributed by atoms with Gasteiger partial charge < -0.3 is 10.2 Å². The van der Waals surface area contributed by atoms with Crippen LogP contribution in [0.25, 0.3) is 0 Å². The highest BCUT2D eigenvalue weighted by atomic mass is 79.9. The molecule has 110 valence electrons. The summed E-state index contributed by atoms with van der Waals surface area (Å²) in [6.07, 6.45) is 6.01. The van der Waals surface area contributed by atoms with Gasteiger partial charge in [0, 0.05) is 51.8 Å². The fraction of sp³-hybridized carbons (Fsp3) is 0.312. The number of hydrogen-bond donors (Lipinski definition) is 1. The molecule has 3 nitrogen and oxygen atoms in total. The second-order valence-corrected chi connectivity index (χ2v) is 7.01. The van der Waals surface area contributed by atoms with Gasteiger partial charge in [0.15, 0.2) is 0 Å². The Balaban J connectivity index is 1.59. The van der Waals surface area contributed by atoms with Crippen LogP contribution in [-0.4, -0.2) is 24.1 Å². The van der Waals surface area contributed by atoms with E-state index < -0.39 is 0 Å². The molecule has 21 heavy (non-hydrogen) atoms. The van der Waals surface area contributed by atoms with E-state index in [2.05, 4.69) is 77.4 Å². The van der Waals surface area contributed by atoms with Crippen molar-refractivity contribution in [3.8, 4) is 0 Å². The zero-order valence-electron chi connectivity index (χ0n) is 11.6. The molecule has 1 aromatic carbocycles. The van der Waals surface area contributed by atoms with E-state index in [9.17, 15) is 0 Å². The molecule has 0 amide bonds. The maximum Gasteiger partial charge on any atom is 0.0487 e. The van der Waals surface area contributed by atoms with E-state index in [0.29, 0.717) is 6.04 Å². The van der Waals surface area contributed by atoms with Crippen LogP contribution in [0.3, 0.4) is 0 Å². The van der Waals surface area contributed by atoms with Crippen molar-refractivity contribution in [2.24, 2.45) is 0 Å². The number of anilines is 2. The second-order valence-electron chi connectivity index (χ2n) is 5.24. The zero-order chi connectivity index (χ0) is 14.7. The predicted molar refractivity (Wildman–Crippen MR) is 94.9 cm³/mol. The van der Waals surface area contributed by atoms with Crippen LogP contribution in [0.5, 0.6) is 0 Å². The zero-order valence-corrected chi connectivity index (χ0v) is 14.8. The summed E-state index contributed by atoms with van der Waals surface area (Å²) in [5.41, 5.74) is 2.44. The lowest BCUT2D eigenvalue weighted by Gasteiger charge is -2.34. The smallest absolute Gasteiger partial charge is 0.0487 e. The first kappa shape index (κ1) is 14.9. The number of piperidine rings is 1. The van der Waals surface area contributed by atoms with E-state index in [4.69, 9.17) is 0 Å². The Morgan fingerprint density at radius 1 is 1.05 bits per heavy atom. The highest BCUT2D eigenvalue weighted by Gasteiger charge is 2.19. The quantitative estimate of drug-likeness (QED) is 0.795. The molecular weight excluding hydrogens is 394 g/mol. The van der Waals surface area contributed by atoms with E-state index in [1.165, 1.54) is 11.4 Å². The van der Waals surface area contributed by atoms with E-state index in [-0.39, 0.29) is 0 Å². The standard InChI is InChI=1S/C16H17Br2N3/c17-12-1-2-16(15(18)11-12)20-13-5-9-21(10-6-13)14-3-7-19-8-4-14/h1-4,7-8,11,13,20H,5-6,9-10H2. The summed E-state index contributed by atoms with van der Waals surface area (Å²) in [4.78, 5) is 6.51. The van der Waals surface area contributed by atoms with Crippen molar-refractivity contribution in [1.29, 1.82) is 0 Å². The Morgan fingerprint density at radius 2 is 1.76 bits per heavy atom. The van der Waals surface area contributed by atoms with E-state index in [0.717, 1.165) is 34.9 Å². The molecule has 0 bridgehead atoms. The van der Waals surface area contributed by atoms with Crippen molar-refractivity contribution in [3.63, 3.8) is 0 Å². The van der Waals surface area contributed by atoms with Gasteiger partial charge in [-0.05, 0) is 59.1 Å². The number of rotatable bonds is 3. The lowest BCUT2D eigenvalue weighted by molar-refractivity contribution is 0.526. The van der Waals surface area contributed by atoms with Crippen LogP contribution in [-0.2, 0) is 0 Å². The fourth-order valence-electron chi connectivity index (χ4n) is 2.66. The summed E-state index contributed by atoms with van der Waals surface area (Å²) in [5, 5.41) is 3.64. The molecule has 2 aromatic rings. The molecule has 1 fully saturated rings. The summed E-state index contributed by atoms with van der Waals surface area (Å²) < 4.78 is 2.20. The molecule has 2 heterocycles. The van der Waals surface area contributed by atoms with Crippen LogP contribution < -0.4 is 10.2 Å². The third-order valence-corrected chi connectivity index (χ3v) is 4.96. The van der Waals surface area contributed by atoms with Gasteiger partial charge in [0.1, 0.15) is 0 Å². The monoisotopic (exact) mass is 409 g/mol. The van der Waals surface area contributed by atoms with Crippen molar-refractivity contribution >= 4 is 43.2 Å². The fourth-order valence-corrected chi connectivity index (χ4v) is 3.82. The number of hydrogen-bond acceptors (Lipinski definition) is 3. The summed E-state index contributed by atoms with van der Waals surface area (Å²) in [7, 11) is 0. The molecular formula is C16H17Br2N3. The van der Waals surface area contributed by atoms with Crippen LogP contribution in [0.15, 0.2) is 51.7 Å². The number of nitrogens with zero attached hydrogens (tertiary/aromatic N) is 2. The molecule has 1 aliphatic heterocycles. The van der Waals surface area contributed by atoms with Gasteiger partial charge in [-0.1, -0.05) is 15.9 Å². The molecule has 0 atom stereocenters. The van der Waals surface area contributed by atoms with Crippen LogP contribution in [0, 0.1) is 0 Å². The van der Waals surface area contributed by atoms with Crippen molar-refractivity contribution in [3.05, 3.63) is 51.7 Å². The Labute approximate surface area is 142 Å². The Morgan fingerprint density at radius 3 is 2.43 bits per heavy atom. The molecule has 1 aromatic heterocycles. The van der Waals surface area contributed by atoms with Gasteiger partial charge in [-0.15, -0.1) is 0 Å². The van der Waals surface area contributed by atoms with Crippen LogP contribution in [0.4, 0.5) is 11.4 Å². The third kappa shape index (κ3) is 3.77. The normalized spacial score (nSPS) is 16.0. The Bertz CT molecular complexity index is 596. The second kappa shape index (κ2) is 6.79. The van der Waals surface area contributed by atoms with Gasteiger partial charge >= 0.3 is 0 Å². The molecule has 1 N–H and O–H groups in total. The third-order valence-electron chi connectivity index (χ3n) is 3.81. The van der Waals surface area contributed by atoms with Gasteiger partial charge in [-0.25, -0.2) is 0 Å². The number of pyridine rings is 1. The minimum absolute atomic E-state index is 0.528. The van der Waals surface area contributed by atoms with Gasteiger partial charge in [0.25, 0.3) is 0 Å². The molecule has 0 radical (unpaired) electrons. The van der Waals surface area contributed by atoms with Crippen LogP contribution in [0.2, 0.25) is 0 Å². The van der Waals surface area contributed by atoms with Gasteiger partial charge in [-0.3, -0.25) is 4.98 Å². The molecule has 1 saturated heterocycles.